The Hall–Kier alpha value is -2.76. The lowest BCUT2D eigenvalue weighted by Gasteiger charge is -2.12. The number of nitro benzene ring substituents is 1. The van der Waals surface area contributed by atoms with E-state index in [1.807, 2.05) is 0 Å². The lowest BCUT2D eigenvalue weighted by Crippen LogP contribution is -2.23. The van der Waals surface area contributed by atoms with Crippen molar-refractivity contribution >= 4 is 29.0 Å². The van der Waals surface area contributed by atoms with Crippen molar-refractivity contribution in [3.05, 3.63) is 52.1 Å². The van der Waals surface area contributed by atoms with Gasteiger partial charge in [-0.2, -0.15) is 17.6 Å². The van der Waals surface area contributed by atoms with Gasteiger partial charge in [-0.25, -0.2) is 9.97 Å². The summed E-state index contributed by atoms with van der Waals surface area (Å²) in [6, 6.07) is 3.48. The number of nitrogens with zero attached hydrogens (tertiary/aromatic N) is 3. The summed E-state index contributed by atoms with van der Waals surface area (Å²) in [4.78, 5) is 28.8. The second-order valence-corrected chi connectivity index (χ2v) is 6.20. The number of thioether (sulfide) groups is 1. The zero-order valence-corrected chi connectivity index (χ0v) is 13.8. The van der Waals surface area contributed by atoms with Crippen LogP contribution in [0.4, 0.5) is 28.9 Å². The molecule has 7 nitrogen and oxygen atoms in total. The summed E-state index contributed by atoms with van der Waals surface area (Å²) in [6.45, 7) is 1.39. The Kier molecular flexibility index (Phi) is 5.75. The highest BCUT2D eigenvalue weighted by atomic mass is 32.2. The number of hydrogen-bond donors (Lipinski definition) is 1. The molecule has 2 aromatic rings. The Morgan fingerprint density at radius 3 is 2.65 bits per heavy atom. The van der Waals surface area contributed by atoms with E-state index in [1.165, 1.54) is 6.92 Å². The lowest BCUT2D eigenvalue weighted by molar-refractivity contribution is -0.387. The van der Waals surface area contributed by atoms with Gasteiger partial charge in [0.2, 0.25) is 11.7 Å². The molecule has 1 unspecified atom stereocenters. The van der Waals surface area contributed by atoms with Crippen LogP contribution in [0.15, 0.2) is 35.6 Å². The third-order valence-electron chi connectivity index (χ3n) is 2.99. The summed E-state index contributed by atoms with van der Waals surface area (Å²) in [6.07, 6.45) is -3.72. The van der Waals surface area contributed by atoms with Crippen molar-refractivity contribution in [3.63, 3.8) is 0 Å². The number of hydrogen-bond acceptors (Lipinski definition) is 6. The number of anilines is 1. The number of benzene rings is 1. The topological polar surface area (TPSA) is 98.0 Å². The van der Waals surface area contributed by atoms with Crippen LogP contribution in [0.3, 0.4) is 0 Å². The Bertz CT molecular complexity index is 847. The van der Waals surface area contributed by atoms with Crippen LogP contribution >= 0.6 is 11.8 Å². The van der Waals surface area contributed by atoms with Crippen molar-refractivity contribution in [2.45, 2.75) is 23.5 Å². The summed E-state index contributed by atoms with van der Waals surface area (Å²) >= 11 is 0.673. The van der Waals surface area contributed by atoms with Crippen LogP contribution in [0.1, 0.15) is 12.6 Å². The highest BCUT2D eigenvalue weighted by Gasteiger charge is 2.33. The van der Waals surface area contributed by atoms with E-state index in [0.29, 0.717) is 17.8 Å². The van der Waals surface area contributed by atoms with E-state index in [-0.39, 0.29) is 10.8 Å². The second-order valence-electron chi connectivity index (χ2n) is 4.89. The molecule has 1 aromatic carbocycles. The standard InChI is InChI=1S/C14H10F4N4O3S/c1-7(26-13-19-5-4-11(21-13)14(16,17)18)12(23)20-8-2-3-9(15)10(6-8)22(24)25/h2-7H,1H3,(H,20,23). The largest absolute Gasteiger partial charge is 0.433 e. The van der Waals surface area contributed by atoms with Crippen molar-refractivity contribution in [1.29, 1.82) is 0 Å². The van der Waals surface area contributed by atoms with Gasteiger partial charge in [0.1, 0.15) is 5.69 Å². The van der Waals surface area contributed by atoms with E-state index < -0.39 is 39.5 Å². The normalized spacial score (nSPS) is 12.5. The van der Waals surface area contributed by atoms with Gasteiger partial charge in [0, 0.05) is 18.0 Å². The maximum absolute atomic E-state index is 13.3. The fourth-order valence-corrected chi connectivity index (χ4v) is 2.50. The Morgan fingerprint density at radius 1 is 1.35 bits per heavy atom. The first-order valence-corrected chi connectivity index (χ1v) is 7.77. The minimum Gasteiger partial charge on any atom is -0.325 e. The first kappa shape index (κ1) is 19.6. The third kappa shape index (κ3) is 4.88. The molecule has 0 saturated heterocycles. The molecular formula is C14H10F4N4O3S. The van der Waals surface area contributed by atoms with E-state index in [2.05, 4.69) is 15.3 Å². The predicted molar refractivity (Wildman–Crippen MR) is 84.0 cm³/mol. The summed E-state index contributed by atoms with van der Waals surface area (Å²) in [5.74, 6) is -1.73. The van der Waals surface area contributed by atoms with Crippen LogP contribution in [0, 0.1) is 15.9 Å². The van der Waals surface area contributed by atoms with Crippen molar-refractivity contribution < 1.29 is 27.3 Å². The molecule has 26 heavy (non-hydrogen) atoms. The molecule has 0 aliphatic rings. The van der Waals surface area contributed by atoms with Gasteiger partial charge in [0.25, 0.3) is 0 Å². The van der Waals surface area contributed by atoms with Crippen molar-refractivity contribution in [3.8, 4) is 0 Å². The highest BCUT2D eigenvalue weighted by molar-refractivity contribution is 8.00. The summed E-state index contributed by atoms with van der Waals surface area (Å²) in [5, 5.41) is 11.8. The smallest absolute Gasteiger partial charge is 0.325 e. The Balaban J connectivity index is 2.09. The molecular weight excluding hydrogens is 380 g/mol. The number of halogens is 4. The van der Waals surface area contributed by atoms with Crippen LogP contribution < -0.4 is 5.32 Å². The minimum absolute atomic E-state index is 0.0273. The Morgan fingerprint density at radius 2 is 2.04 bits per heavy atom. The number of carbonyl (C=O) groups is 1. The number of rotatable bonds is 5. The molecule has 1 N–H and O–H groups in total. The molecule has 138 valence electrons. The molecule has 12 heteroatoms. The van der Waals surface area contributed by atoms with E-state index in [0.717, 1.165) is 24.4 Å². The molecule has 1 aromatic heterocycles. The van der Waals surface area contributed by atoms with Gasteiger partial charge in [-0.15, -0.1) is 0 Å². The summed E-state index contributed by atoms with van der Waals surface area (Å²) in [5.41, 5.74) is -1.98. The molecule has 2 rings (SSSR count). The van der Waals surface area contributed by atoms with E-state index in [1.54, 1.807) is 0 Å². The van der Waals surface area contributed by atoms with E-state index in [9.17, 15) is 32.5 Å². The first-order chi connectivity index (χ1) is 12.1. The van der Waals surface area contributed by atoms with Gasteiger partial charge in [-0.3, -0.25) is 14.9 Å². The number of alkyl halides is 3. The minimum atomic E-state index is -4.64. The molecule has 0 bridgehead atoms. The molecule has 0 radical (unpaired) electrons. The SMILES string of the molecule is CC(Sc1nccc(C(F)(F)F)n1)C(=O)Nc1ccc(F)c([N+](=O)[O-])c1. The number of nitrogens with one attached hydrogen (secondary N) is 1. The van der Waals surface area contributed by atoms with Crippen molar-refractivity contribution in [2.24, 2.45) is 0 Å². The maximum atomic E-state index is 13.3. The molecule has 0 aliphatic carbocycles. The molecule has 0 spiro atoms. The van der Waals surface area contributed by atoms with Gasteiger partial charge in [-0.1, -0.05) is 11.8 Å². The molecule has 0 fully saturated rings. The van der Waals surface area contributed by atoms with Crippen LogP contribution in [0.25, 0.3) is 0 Å². The monoisotopic (exact) mass is 390 g/mol. The van der Waals surface area contributed by atoms with E-state index >= 15 is 0 Å². The number of nitro groups is 1. The number of carbonyl (C=O) groups excluding carboxylic acids is 1. The van der Waals surface area contributed by atoms with Crippen LogP contribution in [0.2, 0.25) is 0 Å². The second kappa shape index (κ2) is 7.64. The van der Waals surface area contributed by atoms with Gasteiger partial charge in [-0.05, 0) is 25.1 Å². The fraction of sp³-hybridized carbons (Fsp3) is 0.214. The average molecular weight is 390 g/mol. The first-order valence-electron chi connectivity index (χ1n) is 6.89. The summed E-state index contributed by atoms with van der Waals surface area (Å²) < 4.78 is 51.1. The van der Waals surface area contributed by atoms with Crippen LogP contribution in [-0.2, 0) is 11.0 Å². The van der Waals surface area contributed by atoms with Crippen molar-refractivity contribution in [1.82, 2.24) is 9.97 Å². The summed E-state index contributed by atoms with van der Waals surface area (Å²) in [7, 11) is 0. The molecule has 1 amide bonds. The van der Waals surface area contributed by atoms with E-state index in [4.69, 9.17) is 0 Å². The number of amides is 1. The molecule has 0 saturated carbocycles. The third-order valence-corrected chi connectivity index (χ3v) is 3.96. The Labute approximate surface area is 148 Å². The van der Waals surface area contributed by atoms with Gasteiger partial charge >= 0.3 is 11.9 Å². The quantitative estimate of drug-likeness (QED) is 0.275. The van der Waals surface area contributed by atoms with Gasteiger partial charge < -0.3 is 5.32 Å². The maximum Gasteiger partial charge on any atom is 0.433 e. The average Bonchev–Trinajstić information content (AvgIpc) is 2.55. The van der Waals surface area contributed by atoms with Crippen LogP contribution in [0.5, 0.6) is 0 Å². The zero-order valence-electron chi connectivity index (χ0n) is 13.0. The number of aromatic nitrogens is 2. The lowest BCUT2D eigenvalue weighted by atomic mass is 10.2. The highest BCUT2D eigenvalue weighted by Crippen LogP contribution is 2.29. The molecule has 0 aliphatic heterocycles. The van der Waals surface area contributed by atoms with Crippen molar-refractivity contribution in [2.75, 3.05) is 5.32 Å². The van der Waals surface area contributed by atoms with Crippen LogP contribution in [-0.4, -0.2) is 26.0 Å². The predicted octanol–water partition coefficient (Wildman–Crippen LogP) is 3.66. The van der Waals surface area contributed by atoms with Gasteiger partial charge in [0.15, 0.2) is 5.16 Å². The zero-order chi connectivity index (χ0) is 19.5. The molecule has 1 atom stereocenters. The molecule has 1 heterocycles. The fourth-order valence-electron chi connectivity index (χ4n) is 1.74. The van der Waals surface area contributed by atoms with Gasteiger partial charge in [0.05, 0.1) is 10.2 Å².